The van der Waals surface area contributed by atoms with Crippen LogP contribution in [-0.2, 0) is 11.4 Å². The zero-order valence-electron chi connectivity index (χ0n) is 18.2. The van der Waals surface area contributed by atoms with Gasteiger partial charge in [0.2, 0.25) is 0 Å². The lowest BCUT2D eigenvalue weighted by Gasteiger charge is -2.12. The summed E-state index contributed by atoms with van der Waals surface area (Å²) in [5, 5.41) is 12.6. The number of amides is 1. The molecule has 0 bridgehead atoms. The van der Waals surface area contributed by atoms with E-state index in [0.29, 0.717) is 27.1 Å². The number of hydrogen-bond acceptors (Lipinski definition) is 6. The third kappa shape index (κ3) is 5.43. The van der Waals surface area contributed by atoms with Gasteiger partial charge in [0.25, 0.3) is 5.91 Å². The quantitative estimate of drug-likeness (QED) is 0.507. The Hall–Kier alpha value is -4.02. The molecule has 1 amide bonds. The fourth-order valence-electron chi connectivity index (χ4n) is 3.25. The monoisotopic (exact) mass is 455 g/mol. The molecule has 1 heterocycles. The van der Waals surface area contributed by atoms with E-state index in [4.69, 9.17) is 9.47 Å². The molecule has 1 aliphatic heterocycles. The molecule has 4 rings (SSSR count). The minimum absolute atomic E-state index is 0.196. The van der Waals surface area contributed by atoms with Crippen LogP contribution < -0.4 is 14.8 Å². The molecule has 0 aromatic heterocycles. The van der Waals surface area contributed by atoms with Gasteiger partial charge in [0.15, 0.2) is 16.7 Å². The molecule has 1 saturated heterocycles. The van der Waals surface area contributed by atoms with Crippen LogP contribution in [0, 0.1) is 18.3 Å². The van der Waals surface area contributed by atoms with Crippen molar-refractivity contribution in [1.82, 2.24) is 5.32 Å². The Morgan fingerprint density at radius 1 is 1.09 bits per heavy atom. The second kappa shape index (κ2) is 10.1. The standard InChI is InChI=1S/C26H21N3O3S/c1-17-6-5-9-21(12-17)28-26-29-25(30)24(33-26)14-18-10-11-22(23(13-18)31-2)32-16-20-8-4-3-7-19(20)15-27/h3-14H,16H2,1-2H3,(H,28,29,30)/b24-14+. The second-order valence-corrected chi connectivity index (χ2v) is 8.32. The number of hydrogen-bond donors (Lipinski definition) is 1. The van der Waals surface area contributed by atoms with Crippen molar-refractivity contribution in [1.29, 1.82) is 5.26 Å². The van der Waals surface area contributed by atoms with Crippen molar-refractivity contribution in [2.75, 3.05) is 7.11 Å². The lowest BCUT2D eigenvalue weighted by Crippen LogP contribution is -2.19. The SMILES string of the molecule is COc1cc(/C=C2/SC(=Nc3cccc(C)c3)NC2=O)ccc1OCc1ccccc1C#N. The lowest BCUT2D eigenvalue weighted by atomic mass is 10.1. The van der Waals surface area contributed by atoms with Gasteiger partial charge in [0.1, 0.15) is 6.61 Å². The summed E-state index contributed by atoms with van der Waals surface area (Å²) in [6, 6.07) is 22.7. The summed E-state index contributed by atoms with van der Waals surface area (Å²) < 4.78 is 11.4. The number of rotatable bonds is 6. The van der Waals surface area contributed by atoms with Crippen molar-refractivity contribution >= 4 is 34.6 Å². The molecule has 1 aliphatic rings. The fourth-order valence-corrected chi connectivity index (χ4v) is 4.09. The Bertz CT molecular complexity index is 1310. The number of ether oxygens (including phenoxy) is 2. The Morgan fingerprint density at radius 3 is 2.73 bits per heavy atom. The van der Waals surface area contributed by atoms with Crippen LogP contribution in [0.4, 0.5) is 5.69 Å². The summed E-state index contributed by atoms with van der Waals surface area (Å²) in [5.74, 6) is 0.896. The predicted molar refractivity (Wildman–Crippen MR) is 130 cm³/mol. The molecule has 0 radical (unpaired) electrons. The third-order valence-corrected chi connectivity index (χ3v) is 5.80. The normalized spacial score (nSPS) is 15.4. The average molecular weight is 456 g/mol. The highest BCUT2D eigenvalue weighted by Crippen LogP contribution is 2.33. The first-order valence-corrected chi connectivity index (χ1v) is 11.0. The first kappa shape index (κ1) is 22.2. The molecule has 1 N–H and O–H groups in total. The number of methoxy groups -OCH3 is 1. The van der Waals surface area contributed by atoms with Crippen LogP contribution in [0.5, 0.6) is 11.5 Å². The first-order valence-electron chi connectivity index (χ1n) is 10.2. The summed E-state index contributed by atoms with van der Waals surface area (Å²) in [7, 11) is 1.56. The molecule has 33 heavy (non-hydrogen) atoms. The van der Waals surface area contributed by atoms with Crippen LogP contribution in [0.25, 0.3) is 6.08 Å². The molecule has 0 saturated carbocycles. The van der Waals surface area contributed by atoms with Gasteiger partial charge in [-0.05, 0) is 66.2 Å². The number of nitrogens with one attached hydrogen (secondary N) is 1. The summed E-state index contributed by atoms with van der Waals surface area (Å²) in [6.07, 6.45) is 1.79. The van der Waals surface area contributed by atoms with Crippen molar-refractivity contribution in [3.05, 3.63) is 93.9 Å². The van der Waals surface area contributed by atoms with Crippen LogP contribution in [0.15, 0.2) is 76.6 Å². The van der Waals surface area contributed by atoms with E-state index < -0.39 is 0 Å². The topological polar surface area (TPSA) is 83.7 Å². The van der Waals surface area contributed by atoms with Gasteiger partial charge in [0.05, 0.1) is 29.3 Å². The van der Waals surface area contributed by atoms with Crippen molar-refractivity contribution in [3.63, 3.8) is 0 Å². The molecule has 0 aliphatic carbocycles. The van der Waals surface area contributed by atoms with Gasteiger partial charge in [-0.25, -0.2) is 4.99 Å². The van der Waals surface area contributed by atoms with Gasteiger partial charge < -0.3 is 14.8 Å². The fraction of sp³-hybridized carbons (Fsp3) is 0.115. The summed E-state index contributed by atoms with van der Waals surface area (Å²) >= 11 is 1.29. The molecule has 164 valence electrons. The zero-order chi connectivity index (χ0) is 23.2. The number of carbonyl (C=O) groups excluding carboxylic acids is 1. The van der Waals surface area contributed by atoms with Gasteiger partial charge in [-0.1, -0.05) is 36.4 Å². The largest absolute Gasteiger partial charge is 0.493 e. The molecule has 0 unspecified atom stereocenters. The van der Waals surface area contributed by atoms with Crippen LogP contribution in [0.2, 0.25) is 0 Å². The maximum atomic E-state index is 12.4. The Morgan fingerprint density at radius 2 is 1.94 bits per heavy atom. The minimum Gasteiger partial charge on any atom is -0.493 e. The van der Waals surface area contributed by atoms with E-state index in [1.165, 1.54) is 11.8 Å². The number of amidine groups is 1. The Labute approximate surface area is 196 Å². The highest BCUT2D eigenvalue weighted by Gasteiger charge is 2.24. The Balaban J connectivity index is 1.50. The van der Waals surface area contributed by atoms with E-state index in [1.807, 2.05) is 61.5 Å². The van der Waals surface area contributed by atoms with E-state index in [-0.39, 0.29) is 12.5 Å². The van der Waals surface area contributed by atoms with Crippen LogP contribution in [0.3, 0.4) is 0 Å². The van der Waals surface area contributed by atoms with Crippen LogP contribution >= 0.6 is 11.8 Å². The van der Waals surface area contributed by atoms with Gasteiger partial charge >= 0.3 is 0 Å². The van der Waals surface area contributed by atoms with Crippen molar-refractivity contribution < 1.29 is 14.3 Å². The second-order valence-electron chi connectivity index (χ2n) is 7.29. The highest BCUT2D eigenvalue weighted by molar-refractivity contribution is 8.18. The molecule has 0 atom stereocenters. The first-order chi connectivity index (χ1) is 16.1. The summed E-state index contributed by atoms with van der Waals surface area (Å²) in [4.78, 5) is 17.5. The van der Waals surface area contributed by atoms with Gasteiger partial charge in [-0.2, -0.15) is 5.26 Å². The number of aryl methyl sites for hydroxylation is 1. The maximum Gasteiger partial charge on any atom is 0.264 e. The smallest absolute Gasteiger partial charge is 0.264 e. The van der Waals surface area contributed by atoms with Gasteiger partial charge in [0, 0.05) is 5.56 Å². The maximum absolute atomic E-state index is 12.4. The van der Waals surface area contributed by atoms with E-state index in [9.17, 15) is 10.1 Å². The van der Waals surface area contributed by atoms with Crippen molar-refractivity contribution in [2.45, 2.75) is 13.5 Å². The number of carbonyl (C=O) groups is 1. The van der Waals surface area contributed by atoms with Gasteiger partial charge in [-0.3, -0.25) is 4.79 Å². The van der Waals surface area contributed by atoms with E-state index >= 15 is 0 Å². The van der Waals surface area contributed by atoms with Crippen LogP contribution in [0.1, 0.15) is 22.3 Å². The zero-order valence-corrected chi connectivity index (χ0v) is 19.0. The predicted octanol–water partition coefficient (Wildman–Crippen LogP) is 5.35. The molecule has 3 aromatic rings. The van der Waals surface area contributed by atoms with E-state index in [1.54, 1.807) is 25.3 Å². The van der Waals surface area contributed by atoms with Crippen molar-refractivity contribution in [2.24, 2.45) is 4.99 Å². The molecular weight excluding hydrogens is 434 g/mol. The summed E-state index contributed by atoms with van der Waals surface area (Å²) in [6.45, 7) is 2.25. The summed E-state index contributed by atoms with van der Waals surface area (Å²) in [5.41, 5.74) is 4.07. The highest BCUT2D eigenvalue weighted by atomic mass is 32.2. The number of benzene rings is 3. The molecule has 6 nitrogen and oxygen atoms in total. The van der Waals surface area contributed by atoms with Crippen LogP contribution in [-0.4, -0.2) is 18.2 Å². The molecular formula is C26H21N3O3S. The molecule has 3 aromatic carbocycles. The van der Waals surface area contributed by atoms with Gasteiger partial charge in [-0.15, -0.1) is 0 Å². The lowest BCUT2D eigenvalue weighted by molar-refractivity contribution is -0.115. The van der Waals surface area contributed by atoms with Crippen molar-refractivity contribution in [3.8, 4) is 17.6 Å². The minimum atomic E-state index is -0.196. The number of nitriles is 1. The van der Waals surface area contributed by atoms with E-state index in [0.717, 1.165) is 22.4 Å². The third-order valence-electron chi connectivity index (χ3n) is 4.89. The number of nitrogens with zero attached hydrogens (tertiary/aromatic N) is 2. The molecule has 1 fully saturated rings. The Kier molecular flexibility index (Phi) is 6.77. The van der Waals surface area contributed by atoms with E-state index in [2.05, 4.69) is 16.4 Å². The molecule has 7 heteroatoms. The molecule has 0 spiro atoms. The number of aliphatic imine (C=N–C) groups is 1. The average Bonchev–Trinajstić information content (AvgIpc) is 3.16. The number of thioether (sulfide) groups is 1.